The van der Waals surface area contributed by atoms with Crippen molar-refractivity contribution in [3.05, 3.63) is 70.8 Å². The number of nitrogens with one attached hydrogen (secondary N) is 1. The summed E-state index contributed by atoms with van der Waals surface area (Å²) in [6.45, 7) is 5.98. The Bertz CT molecular complexity index is 645. The molecule has 0 bridgehead atoms. The summed E-state index contributed by atoms with van der Waals surface area (Å²) in [4.78, 5) is 12.1. The number of benzene rings is 2. The summed E-state index contributed by atoms with van der Waals surface area (Å²) in [5, 5.41) is 2.62. The molecule has 0 aliphatic rings. The largest absolute Gasteiger partial charge is 0.345 e. The first kappa shape index (κ1) is 16.1. The lowest BCUT2D eigenvalue weighted by Crippen LogP contribution is -2.28. The van der Waals surface area contributed by atoms with Gasteiger partial charge in [0.15, 0.2) is 0 Å². The van der Waals surface area contributed by atoms with Crippen LogP contribution in [0.5, 0.6) is 0 Å². The van der Waals surface area contributed by atoms with Gasteiger partial charge in [-0.3, -0.25) is 4.79 Å². The lowest BCUT2D eigenvalue weighted by molar-refractivity contribution is 0.0931. The molecule has 4 heteroatoms. The Labute approximate surface area is 129 Å². The zero-order chi connectivity index (χ0) is 16.3. The van der Waals surface area contributed by atoms with Crippen molar-refractivity contribution in [3.63, 3.8) is 0 Å². The van der Waals surface area contributed by atoms with Crippen molar-refractivity contribution in [2.45, 2.75) is 32.7 Å². The highest BCUT2D eigenvalue weighted by atomic mass is 19.1. The highest BCUT2D eigenvalue weighted by Gasteiger charge is 2.19. The predicted molar refractivity (Wildman–Crippen MR) is 82.8 cm³/mol. The number of carbonyl (C=O) groups is 1. The molecule has 0 radical (unpaired) electrons. The van der Waals surface area contributed by atoms with E-state index in [4.69, 9.17) is 0 Å². The van der Waals surface area contributed by atoms with Gasteiger partial charge in [0.2, 0.25) is 0 Å². The first-order valence-electron chi connectivity index (χ1n) is 7.25. The van der Waals surface area contributed by atoms with Crippen molar-refractivity contribution in [3.8, 4) is 0 Å². The van der Waals surface area contributed by atoms with Crippen LogP contribution in [0.1, 0.15) is 54.2 Å². The van der Waals surface area contributed by atoms with Gasteiger partial charge in [0.05, 0.1) is 6.04 Å². The summed E-state index contributed by atoms with van der Waals surface area (Å²) in [5.41, 5.74) is 1.53. The van der Waals surface area contributed by atoms with Crippen LogP contribution in [0.3, 0.4) is 0 Å². The second kappa shape index (κ2) is 6.69. The molecule has 0 aliphatic heterocycles. The zero-order valence-electron chi connectivity index (χ0n) is 12.9. The van der Waals surface area contributed by atoms with Gasteiger partial charge in [-0.05, 0) is 36.1 Å². The molecule has 2 aromatic rings. The van der Waals surface area contributed by atoms with Crippen LogP contribution in [0.15, 0.2) is 42.5 Å². The van der Waals surface area contributed by atoms with Gasteiger partial charge < -0.3 is 5.32 Å². The quantitative estimate of drug-likeness (QED) is 0.880. The van der Waals surface area contributed by atoms with E-state index in [0.29, 0.717) is 5.92 Å². The molecule has 0 fully saturated rings. The number of hydrogen-bond donors (Lipinski definition) is 1. The molecule has 22 heavy (non-hydrogen) atoms. The highest BCUT2D eigenvalue weighted by Crippen LogP contribution is 2.19. The highest BCUT2D eigenvalue weighted by molar-refractivity contribution is 5.95. The molecule has 1 unspecified atom stereocenters. The second-order valence-corrected chi connectivity index (χ2v) is 5.61. The lowest BCUT2D eigenvalue weighted by atomic mass is 9.99. The Morgan fingerprint density at radius 2 is 1.41 bits per heavy atom. The third-order valence-corrected chi connectivity index (χ3v) is 3.64. The van der Waals surface area contributed by atoms with Crippen molar-refractivity contribution in [1.29, 1.82) is 0 Å². The van der Waals surface area contributed by atoms with E-state index in [1.807, 2.05) is 24.3 Å². The zero-order valence-corrected chi connectivity index (χ0v) is 12.9. The summed E-state index contributed by atoms with van der Waals surface area (Å²) < 4.78 is 27.2. The minimum atomic E-state index is -0.861. The number of halogens is 2. The van der Waals surface area contributed by atoms with E-state index in [1.54, 1.807) is 6.92 Å². The molecule has 1 atom stereocenters. The minimum Gasteiger partial charge on any atom is -0.345 e. The monoisotopic (exact) mass is 303 g/mol. The number of rotatable bonds is 4. The molecule has 0 spiro atoms. The summed E-state index contributed by atoms with van der Waals surface area (Å²) in [7, 11) is 0. The molecule has 116 valence electrons. The normalized spacial score (nSPS) is 12.3. The van der Waals surface area contributed by atoms with Crippen molar-refractivity contribution >= 4 is 5.91 Å². The molecule has 0 heterocycles. The number of carbonyl (C=O) groups excluding carboxylic acids is 1. The Morgan fingerprint density at radius 3 is 1.91 bits per heavy atom. The summed E-state index contributed by atoms with van der Waals surface area (Å²) in [6, 6.07) is 10.8. The van der Waals surface area contributed by atoms with Crippen LogP contribution in [-0.4, -0.2) is 5.91 Å². The Morgan fingerprint density at radius 1 is 0.909 bits per heavy atom. The van der Waals surface area contributed by atoms with E-state index in [1.165, 1.54) is 11.6 Å². The third-order valence-electron chi connectivity index (χ3n) is 3.64. The summed E-state index contributed by atoms with van der Waals surface area (Å²) in [6.07, 6.45) is 0. The standard InChI is InChI=1S/C18H19F2NO/c1-11(2)13-7-9-14(10-8-13)12(3)21-18(22)17-15(19)5-4-6-16(17)20/h4-12H,1-3H3,(H,21,22). The van der Waals surface area contributed by atoms with E-state index in [2.05, 4.69) is 19.2 Å². The maximum Gasteiger partial charge on any atom is 0.257 e. The fourth-order valence-electron chi connectivity index (χ4n) is 2.24. The molecular formula is C18H19F2NO. The molecule has 2 rings (SSSR count). The topological polar surface area (TPSA) is 29.1 Å². The van der Waals surface area contributed by atoms with Crippen LogP contribution in [0.2, 0.25) is 0 Å². The van der Waals surface area contributed by atoms with Crippen LogP contribution in [0, 0.1) is 11.6 Å². The maximum atomic E-state index is 13.6. The Kier molecular flexibility index (Phi) is 4.91. The maximum absolute atomic E-state index is 13.6. The molecule has 0 aromatic heterocycles. The summed E-state index contributed by atoms with van der Waals surface area (Å²) in [5.74, 6) is -2.05. The minimum absolute atomic E-state index is 0.340. The average Bonchev–Trinajstić information content (AvgIpc) is 2.47. The smallest absolute Gasteiger partial charge is 0.257 e. The molecule has 0 saturated heterocycles. The summed E-state index contributed by atoms with van der Waals surface area (Å²) >= 11 is 0. The third kappa shape index (κ3) is 3.50. The average molecular weight is 303 g/mol. The van der Waals surface area contributed by atoms with Gasteiger partial charge in [0, 0.05) is 0 Å². The molecule has 1 amide bonds. The van der Waals surface area contributed by atoms with Crippen molar-refractivity contribution in [2.75, 3.05) is 0 Å². The van der Waals surface area contributed by atoms with Crippen LogP contribution in [0.4, 0.5) is 8.78 Å². The Balaban J connectivity index is 2.14. The molecule has 0 saturated carbocycles. The van der Waals surface area contributed by atoms with E-state index in [0.717, 1.165) is 17.7 Å². The second-order valence-electron chi connectivity index (χ2n) is 5.61. The Hall–Kier alpha value is -2.23. The van der Waals surface area contributed by atoms with Gasteiger partial charge in [-0.1, -0.05) is 44.2 Å². The van der Waals surface area contributed by atoms with Gasteiger partial charge in [-0.15, -0.1) is 0 Å². The first-order chi connectivity index (χ1) is 10.4. The van der Waals surface area contributed by atoms with E-state index in [-0.39, 0.29) is 6.04 Å². The lowest BCUT2D eigenvalue weighted by Gasteiger charge is -2.16. The SMILES string of the molecule is CC(C)c1ccc(C(C)NC(=O)c2c(F)cccc2F)cc1. The van der Waals surface area contributed by atoms with Crippen LogP contribution in [-0.2, 0) is 0 Å². The van der Waals surface area contributed by atoms with Crippen molar-refractivity contribution < 1.29 is 13.6 Å². The fraction of sp³-hybridized carbons (Fsp3) is 0.278. The van der Waals surface area contributed by atoms with Crippen LogP contribution in [0.25, 0.3) is 0 Å². The van der Waals surface area contributed by atoms with E-state index >= 15 is 0 Å². The van der Waals surface area contributed by atoms with Crippen LogP contribution >= 0.6 is 0 Å². The van der Waals surface area contributed by atoms with Crippen molar-refractivity contribution in [2.24, 2.45) is 0 Å². The van der Waals surface area contributed by atoms with Gasteiger partial charge in [-0.25, -0.2) is 8.78 Å². The molecule has 0 aliphatic carbocycles. The number of hydrogen-bond acceptors (Lipinski definition) is 1. The molecule has 1 N–H and O–H groups in total. The first-order valence-corrected chi connectivity index (χ1v) is 7.25. The van der Waals surface area contributed by atoms with Crippen LogP contribution < -0.4 is 5.32 Å². The van der Waals surface area contributed by atoms with Gasteiger partial charge in [0.1, 0.15) is 17.2 Å². The van der Waals surface area contributed by atoms with Gasteiger partial charge in [-0.2, -0.15) is 0 Å². The molecule has 2 aromatic carbocycles. The number of amides is 1. The van der Waals surface area contributed by atoms with E-state index < -0.39 is 23.1 Å². The van der Waals surface area contributed by atoms with Crippen molar-refractivity contribution in [1.82, 2.24) is 5.32 Å². The van der Waals surface area contributed by atoms with Gasteiger partial charge >= 0.3 is 0 Å². The predicted octanol–water partition coefficient (Wildman–Crippen LogP) is 4.58. The molecular weight excluding hydrogens is 284 g/mol. The van der Waals surface area contributed by atoms with Gasteiger partial charge in [0.25, 0.3) is 5.91 Å². The molecule has 2 nitrogen and oxygen atoms in total. The fourth-order valence-corrected chi connectivity index (χ4v) is 2.24. The van der Waals surface area contributed by atoms with E-state index in [9.17, 15) is 13.6 Å².